The van der Waals surface area contributed by atoms with Crippen molar-refractivity contribution in [1.82, 2.24) is 5.32 Å². The van der Waals surface area contributed by atoms with Crippen molar-refractivity contribution in [3.05, 3.63) is 16.0 Å². The Hall–Kier alpha value is -1.14. The van der Waals surface area contributed by atoms with Gasteiger partial charge in [0, 0.05) is 11.4 Å². The molecule has 0 radical (unpaired) electrons. The van der Waals surface area contributed by atoms with Crippen LogP contribution in [0, 0.1) is 0 Å². The number of hydrogen-bond donors (Lipinski definition) is 2. The fourth-order valence-electron chi connectivity index (χ4n) is 3.33. The number of fused-ring (bicyclic) bond motifs is 1. The minimum atomic E-state index is -0.225. The van der Waals surface area contributed by atoms with Gasteiger partial charge in [-0.2, -0.15) is 0 Å². The molecule has 1 aliphatic rings. The molecule has 0 unspecified atom stereocenters. The molecule has 0 saturated heterocycles. The average Bonchev–Trinajstić information content (AvgIpc) is 2.79. The second kappa shape index (κ2) is 11.5. The number of nitrogens with one attached hydrogen (secondary N) is 2. The summed E-state index contributed by atoms with van der Waals surface area (Å²) in [5, 5.41) is 7.99. The molecule has 26 heavy (non-hydrogen) atoms. The molecule has 0 spiro atoms. The van der Waals surface area contributed by atoms with E-state index in [4.69, 9.17) is 17.0 Å². The topological polar surface area (TPSA) is 50.4 Å². The van der Waals surface area contributed by atoms with Crippen LogP contribution in [0.5, 0.6) is 0 Å². The minimum absolute atomic E-state index is 0.225. The van der Waals surface area contributed by atoms with Crippen molar-refractivity contribution in [2.75, 3.05) is 18.5 Å². The van der Waals surface area contributed by atoms with Crippen molar-refractivity contribution in [2.45, 2.75) is 78.1 Å². The van der Waals surface area contributed by atoms with E-state index in [1.54, 1.807) is 11.3 Å². The molecular formula is C20H32N2O2S2. The zero-order valence-corrected chi connectivity index (χ0v) is 17.8. The van der Waals surface area contributed by atoms with Gasteiger partial charge in [0.25, 0.3) is 0 Å². The molecule has 0 bridgehead atoms. The number of thiophene rings is 1. The predicted octanol–water partition coefficient (Wildman–Crippen LogP) is 5.45. The summed E-state index contributed by atoms with van der Waals surface area (Å²) in [6.45, 7) is 5.33. The SMILES string of the molecule is CCCCCCCNC(=S)Nc1sc2c(c1C(=O)OCC)CCCCC2. The lowest BCUT2D eigenvalue weighted by atomic mass is 10.1. The molecule has 4 nitrogen and oxygen atoms in total. The van der Waals surface area contributed by atoms with Crippen molar-refractivity contribution < 1.29 is 9.53 Å². The molecule has 0 saturated carbocycles. The zero-order valence-electron chi connectivity index (χ0n) is 16.1. The lowest BCUT2D eigenvalue weighted by Gasteiger charge is -2.11. The highest BCUT2D eigenvalue weighted by Gasteiger charge is 2.26. The molecule has 0 aliphatic heterocycles. The third-order valence-corrected chi connectivity index (χ3v) is 6.15. The lowest BCUT2D eigenvalue weighted by Crippen LogP contribution is -2.29. The van der Waals surface area contributed by atoms with E-state index >= 15 is 0 Å². The Morgan fingerprint density at radius 2 is 1.88 bits per heavy atom. The van der Waals surface area contributed by atoms with Crippen molar-refractivity contribution >= 4 is 39.6 Å². The van der Waals surface area contributed by atoms with Crippen LogP contribution in [-0.4, -0.2) is 24.2 Å². The summed E-state index contributed by atoms with van der Waals surface area (Å²) in [4.78, 5) is 13.8. The molecule has 146 valence electrons. The minimum Gasteiger partial charge on any atom is -0.462 e. The number of unbranched alkanes of at least 4 members (excludes halogenated alkanes) is 4. The maximum Gasteiger partial charge on any atom is 0.341 e. The van der Waals surface area contributed by atoms with E-state index < -0.39 is 0 Å². The third-order valence-electron chi connectivity index (χ3n) is 4.69. The van der Waals surface area contributed by atoms with E-state index in [0.717, 1.165) is 37.2 Å². The van der Waals surface area contributed by atoms with E-state index in [1.165, 1.54) is 49.0 Å². The Morgan fingerprint density at radius 3 is 2.65 bits per heavy atom. The van der Waals surface area contributed by atoms with E-state index in [2.05, 4.69) is 17.6 Å². The Kier molecular flexibility index (Phi) is 9.40. The number of ether oxygens (including phenoxy) is 1. The quantitative estimate of drug-likeness (QED) is 0.251. The average molecular weight is 397 g/mol. The van der Waals surface area contributed by atoms with Gasteiger partial charge in [0.2, 0.25) is 0 Å². The van der Waals surface area contributed by atoms with Gasteiger partial charge in [-0.05, 0) is 56.8 Å². The van der Waals surface area contributed by atoms with E-state index in [9.17, 15) is 4.79 Å². The summed E-state index contributed by atoms with van der Waals surface area (Å²) in [5.41, 5.74) is 1.89. The number of carbonyl (C=O) groups is 1. The molecule has 1 aromatic heterocycles. The number of esters is 1. The van der Waals surface area contributed by atoms with E-state index in [0.29, 0.717) is 17.3 Å². The molecule has 0 amide bonds. The summed E-state index contributed by atoms with van der Waals surface area (Å²) in [6, 6.07) is 0. The summed E-state index contributed by atoms with van der Waals surface area (Å²) in [5.74, 6) is -0.225. The van der Waals surface area contributed by atoms with Crippen LogP contribution < -0.4 is 10.6 Å². The van der Waals surface area contributed by atoms with Gasteiger partial charge in [-0.3, -0.25) is 0 Å². The van der Waals surface area contributed by atoms with Gasteiger partial charge in [0.15, 0.2) is 5.11 Å². The maximum atomic E-state index is 12.5. The van der Waals surface area contributed by atoms with Crippen molar-refractivity contribution in [2.24, 2.45) is 0 Å². The first kappa shape index (κ1) is 21.2. The van der Waals surface area contributed by atoms with Crippen molar-refractivity contribution in [3.63, 3.8) is 0 Å². The lowest BCUT2D eigenvalue weighted by molar-refractivity contribution is 0.0527. The first-order chi connectivity index (χ1) is 12.7. The fourth-order valence-corrected chi connectivity index (χ4v) is 4.88. The van der Waals surface area contributed by atoms with E-state index in [-0.39, 0.29) is 5.97 Å². The molecule has 2 rings (SSSR count). The molecular weight excluding hydrogens is 364 g/mol. The van der Waals surface area contributed by atoms with Crippen LogP contribution in [0.4, 0.5) is 5.00 Å². The maximum absolute atomic E-state index is 12.5. The Morgan fingerprint density at radius 1 is 1.12 bits per heavy atom. The van der Waals surface area contributed by atoms with Crippen LogP contribution >= 0.6 is 23.6 Å². The van der Waals surface area contributed by atoms with Gasteiger partial charge in [-0.25, -0.2) is 4.79 Å². The number of carbonyl (C=O) groups excluding carboxylic acids is 1. The second-order valence-electron chi connectivity index (χ2n) is 6.78. The molecule has 1 aromatic rings. The largest absolute Gasteiger partial charge is 0.462 e. The van der Waals surface area contributed by atoms with Crippen LogP contribution in [0.3, 0.4) is 0 Å². The van der Waals surface area contributed by atoms with Gasteiger partial charge in [-0.15, -0.1) is 11.3 Å². The zero-order chi connectivity index (χ0) is 18.8. The van der Waals surface area contributed by atoms with Crippen LogP contribution in [0.25, 0.3) is 0 Å². The predicted molar refractivity (Wildman–Crippen MR) is 115 cm³/mol. The standard InChI is InChI=1S/C20H32N2O2S2/c1-3-5-6-7-11-14-21-20(25)22-18-17(19(23)24-4-2)15-12-9-8-10-13-16(15)26-18/h3-14H2,1-2H3,(H2,21,22,25). The highest BCUT2D eigenvalue weighted by atomic mass is 32.1. The van der Waals surface area contributed by atoms with Gasteiger partial charge >= 0.3 is 5.97 Å². The van der Waals surface area contributed by atoms with Gasteiger partial charge in [0.1, 0.15) is 5.00 Å². The number of hydrogen-bond acceptors (Lipinski definition) is 4. The Balaban J connectivity index is 1.99. The van der Waals surface area contributed by atoms with Gasteiger partial charge in [-0.1, -0.05) is 39.0 Å². The van der Waals surface area contributed by atoms with Crippen molar-refractivity contribution in [3.8, 4) is 0 Å². The first-order valence-electron chi connectivity index (χ1n) is 10.0. The summed E-state index contributed by atoms with van der Waals surface area (Å²) in [6.07, 6.45) is 11.7. The summed E-state index contributed by atoms with van der Waals surface area (Å²) in [7, 11) is 0. The molecule has 2 N–H and O–H groups in total. The van der Waals surface area contributed by atoms with E-state index in [1.807, 2.05) is 6.92 Å². The summed E-state index contributed by atoms with van der Waals surface area (Å²) < 4.78 is 5.32. The van der Waals surface area contributed by atoms with Crippen molar-refractivity contribution in [1.29, 1.82) is 0 Å². The molecule has 1 aliphatic carbocycles. The molecule has 6 heteroatoms. The Bertz CT molecular complexity index is 599. The first-order valence-corrected chi connectivity index (χ1v) is 11.3. The van der Waals surface area contributed by atoms with Gasteiger partial charge in [0.05, 0.1) is 12.2 Å². The fraction of sp³-hybridized carbons (Fsp3) is 0.700. The normalized spacial score (nSPS) is 13.6. The monoisotopic (exact) mass is 396 g/mol. The number of rotatable bonds is 9. The number of thiocarbonyl (C=S) groups is 1. The second-order valence-corrected chi connectivity index (χ2v) is 8.30. The molecule has 0 atom stereocenters. The van der Waals surface area contributed by atoms with Gasteiger partial charge < -0.3 is 15.4 Å². The third kappa shape index (κ3) is 6.23. The Labute approximate surface area is 167 Å². The summed E-state index contributed by atoms with van der Waals surface area (Å²) >= 11 is 7.12. The molecule has 0 aromatic carbocycles. The number of aryl methyl sites for hydroxylation is 1. The number of anilines is 1. The molecule has 1 heterocycles. The molecule has 0 fully saturated rings. The van der Waals surface area contributed by atoms with Crippen LogP contribution in [-0.2, 0) is 17.6 Å². The van der Waals surface area contributed by atoms with Crippen LogP contribution in [0.15, 0.2) is 0 Å². The van der Waals surface area contributed by atoms with Crippen LogP contribution in [0.1, 0.15) is 86.0 Å². The highest BCUT2D eigenvalue weighted by Crippen LogP contribution is 2.38. The highest BCUT2D eigenvalue weighted by molar-refractivity contribution is 7.80. The smallest absolute Gasteiger partial charge is 0.341 e. The van der Waals surface area contributed by atoms with Crippen LogP contribution in [0.2, 0.25) is 0 Å².